The number of H-pyrrole nitrogens is 2. The van der Waals surface area contributed by atoms with Crippen molar-refractivity contribution >= 4 is 15.4 Å². The first-order chi connectivity index (χ1) is 15.8. The second kappa shape index (κ2) is 9.31. The van der Waals surface area contributed by atoms with E-state index in [0.717, 1.165) is 17.2 Å². The highest BCUT2D eigenvalue weighted by atomic mass is 32.2. The molecule has 4 rings (SSSR count). The molecule has 0 amide bonds. The number of sulfone groups is 1. The predicted molar refractivity (Wildman–Crippen MR) is 126 cm³/mol. The van der Waals surface area contributed by atoms with Gasteiger partial charge in [-0.3, -0.25) is 9.78 Å². The number of nitrogens with one attached hydrogen (secondary N) is 2. The van der Waals surface area contributed by atoms with Crippen LogP contribution in [0.4, 0.5) is 4.39 Å². The van der Waals surface area contributed by atoms with E-state index in [-0.39, 0.29) is 16.6 Å². The van der Waals surface area contributed by atoms with Gasteiger partial charge in [0.05, 0.1) is 10.6 Å². The number of rotatable bonds is 6. The molecule has 33 heavy (non-hydrogen) atoms. The highest BCUT2D eigenvalue weighted by molar-refractivity contribution is 7.91. The fourth-order valence-corrected chi connectivity index (χ4v) is 5.20. The zero-order valence-electron chi connectivity index (χ0n) is 18.2. The van der Waals surface area contributed by atoms with E-state index < -0.39 is 26.9 Å². The van der Waals surface area contributed by atoms with Gasteiger partial charge in [-0.15, -0.1) is 0 Å². The van der Waals surface area contributed by atoms with Crippen molar-refractivity contribution in [3.63, 3.8) is 0 Å². The highest BCUT2D eigenvalue weighted by Crippen LogP contribution is 2.37. The summed E-state index contributed by atoms with van der Waals surface area (Å²) in [5.74, 6) is -0.732. The maximum absolute atomic E-state index is 14.7. The Morgan fingerprint density at radius 2 is 1.82 bits per heavy atom. The Labute approximate surface area is 191 Å². The topological polar surface area (TPSA) is 99.9 Å². The second-order valence-electron chi connectivity index (χ2n) is 8.21. The van der Waals surface area contributed by atoms with E-state index in [1.807, 2.05) is 36.4 Å². The average molecular weight is 469 g/mol. The number of benzene rings is 2. The van der Waals surface area contributed by atoms with Gasteiger partial charge in [-0.25, -0.2) is 17.6 Å². The molecule has 0 bridgehead atoms. The lowest BCUT2D eigenvalue weighted by Gasteiger charge is -2.24. The molecule has 0 saturated carbocycles. The van der Waals surface area contributed by atoms with Crippen LogP contribution >= 0.6 is 0 Å². The summed E-state index contributed by atoms with van der Waals surface area (Å²) < 4.78 is 38.8. The molecule has 2 N–H and O–H groups in total. The molecule has 0 fully saturated rings. The van der Waals surface area contributed by atoms with Crippen molar-refractivity contribution < 1.29 is 12.8 Å². The van der Waals surface area contributed by atoms with Crippen LogP contribution < -0.4 is 11.2 Å². The lowest BCUT2D eigenvalue weighted by Crippen LogP contribution is -2.30. The fourth-order valence-electron chi connectivity index (χ4n) is 4.31. The lowest BCUT2D eigenvalue weighted by atomic mass is 9.83. The molecule has 1 heterocycles. The fraction of sp³-hybridized carbons (Fsp3) is 0.280. The molecule has 1 aliphatic carbocycles. The molecule has 6 nitrogen and oxygen atoms in total. The van der Waals surface area contributed by atoms with Gasteiger partial charge in [0.2, 0.25) is 0 Å². The van der Waals surface area contributed by atoms with E-state index in [1.165, 1.54) is 19.1 Å². The first-order valence-electron chi connectivity index (χ1n) is 10.9. The third kappa shape index (κ3) is 4.90. The van der Waals surface area contributed by atoms with E-state index in [4.69, 9.17) is 0 Å². The Kier molecular flexibility index (Phi) is 6.47. The molecule has 0 spiro atoms. The number of allylic oxidation sites excluding steroid dienone is 2. The summed E-state index contributed by atoms with van der Waals surface area (Å²) in [7, 11) is -3.48. The molecule has 8 heteroatoms. The number of hydrogen-bond donors (Lipinski definition) is 2. The first kappa shape index (κ1) is 22.9. The van der Waals surface area contributed by atoms with Gasteiger partial charge in [-0.1, -0.05) is 49.4 Å². The number of hydrogen-bond acceptors (Lipinski definition) is 4. The average Bonchev–Trinajstić information content (AvgIpc) is 2.81. The van der Waals surface area contributed by atoms with Crippen LogP contribution in [0.15, 0.2) is 69.1 Å². The maximum atomic E-state index is 14.7. The molecule has 172 valence electrons. The Balaban J connectivity index is 1.62. The smallest absolute Gasteiger partial charge is 0.311 e. The predicted octanol–water partition coefficient (Wildman–Crippen LogP) is 3.94. The van der Waals surface area contributed by atoms with E-state index >= 15 is 0 Å². The second-order valence-corrected chi connectivity index (χ2v) is 10.5. The molecular weight excluding hydrogens is 443 g/mol. The Morgan fingerprint density at radius 3 is 2.45 bits per heavy atom. The van der Waals surface area contributed by atoms with E-state index in [9.17, 15) is 22.4 Å². The molecule has 2 aromatic carbocycles. The minimum atomic E-state index is -3.48. The van der Waals surface area contributed by atoms with Gasteiger partial charge in [0.15, 0.2) is 9.84 Å². The van der Waals surface area contributed by atoms with Crippen molar-refractivity contribution in [1.29, 1.82) is 0 Å². The van der Waals surface area contributed by atoms with Crippen LogP contribution in [0.5, 0.6) is 0 Å². The molecule has 0 saturated heterocycles. The van der Waals surface area contributed by atoms with Crippen molar-refractivity contribution in [2.45, 2.75) is 43.4 Å². The van der Waals surface area contributed by atoms with Gasteiger partial charge in [0.1, 0.15) is 5.82 Å². The van der Waals surface area contributed by atoms with Crippen LogP contribution in [-0.2, 0) is 16.3 Å². The van der Waals surface area contributed by atoms with Crippen LogP contribution in [0.25, 0.3) is 5.57 Å². The Bertz CT molecular complexity index is 1420. The SMILES string of the molecule is CCS(=O)(=O)c1ccc(C2=CCC(c3[nH]c(=O)[nH]c(=O)c3Cc3ccccc3)CC2)c(F)c1. The molecule has 0 aliphatic heterocycles. The normalized spacial score (nSPS) is 16.4. The minimum absolute atomic E-state index is 0.0211. The summed E-state index contributed by atoms with van der Waals surface area (Å²) >= 11 is 0. The maximum Gasteiger partial charge on any atom is 0.325 e. The first-order valence-corrected chi connectivity index (χ1v) is 12.5. The molecule has 3 aromatic rings. The van der Waals surface area contributed by atoms with E-state index in [2.05, 4.69) is 9.97 Å². The van der Waals surface area contributed by atoms with Crippen LogP contribution in [0.3, 0.4) is 0 Å². The summed E-state index contributed by atoms with van der Waals surface area (Å²) in [6.45, 7) is 1.52. The Morgan fingerprint density at radius 1 is 1.06 bits per heavy atom. The van der Waals surface area contributed by atoms with Gasteiger partial charge in [-0.05, 0) is 42.5 Å². The van der Waals surface area contributed by atoms with Crippen molar-refractivity contribution in [3.8, 4) is 0 Å². The van der Waals surface area contributed by atoms with Gasteiger partial charge < -0.3 is 4.98 Å². The van der Waals surface area contributed by atoms with Gasteiger partial charge in [0, 0.05) is 29.2 Å². The van der Waals surface area contributed by atoms with Gasteiger partial charge >= 0.3 is 5.69 Å². The van der Waals surface area contributed by atoms with Crippen molar-refractivity contribution in [2.24, 2.45) is 0 Å². The molecule has 0 radical (unpaired) electrons. The van der Waals surface area contributed by atoms with E-state index in [0.29, 0.717) is 42.5 Å². The molecular formula is C25H25FN2O4S. The van der Waals surface area contributed by atoms with Crippen molar-refractivity contribution in [1.82, 2.24) is 9.97 Å². The molecule has 1 unspecified atom stereocenters. The third-order valence-corrected chi connectivity index (χ3v) is 7.88. The van der Waals surface area contributed by atoms with Crippen molar-refractivity contribution in [2.75, 3.05) is 5.75 Å². The lowest BCUT2D eigenvalue weighted by molar-refractivity contribution is 0.583. The summed E-state index contributed by atoms with van der Waals surface area (Å²) in [4.78, 5) is 29.7. The third-order valence-electron chi connectivity index (χ3n) is 6.14. The van der Waals surface area contributed by atoms with Crippen LogP contribution in [0.2, 0.25) is 0 Å². The van der Waals surface area contributed by atoms with Gasteiger partial charge in [0.25, 0.3) is 5.56 Å². The van der Waals surface area contributed by atoms with E-state index in [1.54, 1.807) is 0 Å². The van der Waals surface area contributed by atoms with Crippen LogP contribution in [-0.4, -0.2) is 24.1 Å². The molecule has 1 atom stereocenters. The number of aromatic nitrogens is 2. The highest BCUT2D eigenvalue weighted by Gasteiger charge is 2.24. The molecule has 1 aliphatic rings. The quantitative estimate of drug-likeness (QED) is 0.572. The summed E-state index contributed by atoms with van der Waals surface area (Å²) in [6.07, 6.45) is 4.01. The standard InChI is InChI=1S/C25H25FN2O4S/c1-2-33(31,32)19-12-13-20(22(26)15-19)17-8-10-18(11-9-17)23-21(24(29)28-25(30)27-23)14-16-6-4-3-5-7-16/h3-8,12-13,15,18H,2,9-11,14H2,1H3,(H2,27,28,29,30). The number of halogens is 1. The minimum Gasteiger partial charge on any atom is -0.311 e. The monoisotopic (exact) mass is 468 g/mol. The van der Waals surface area contributed by atoms with Crippen LogP contribution in [0.1, 0.15) is 54.5 Å². The van der Waals surface area contributed by atoms with Crippen molar-refractivity contribution in [3.05, 3.63) is 104 Å². The summed E-state index contributed by atoms with van der Waals surface area (Å²) in [6, 6.07) is 13.6. The summed E-state index contributed by atoms with van der Waals surface area (Å²) in [5, 5.41) is 0. The van der Waals surface area contributed by atoms with Gasteiger partial charge in [-0.2, -0.15) is 0 Å². The zero-order chi connectivity index (χ0) is 23.6. The molecule has 1 aromatic heterocycles. The zero-order valence-corrected chi connectivity index (χ0v) is 19.0. The van der Waals surface area contributed by atoms with Crippen LogP contribution in [0, 0.1) is 5.82 Å². The Hall–Kier alpha value is -3.26. The summed E-state index contributed by atoms with van der Waals surface area (Å²) in [5.41, 5.74) is 2.35. The number of aromatic amines is 2. The largest absolute Gasteiger partial charge is 0.325 e.